The van der Waals surface area contributed by atoms with Crippen molar-refractivity contribution < 1.29 is 4.42 Å². The first-order chi connectivity index (χ1) is 13.8. The molecule has 1 aliphatic rings. The maximum Gasteiger partial charge on any atom is 0.197 e. The molecule has 0 saturated carbocycles. The van der Waals surface area contributed by atoms with Gasteiger partial charge in [-0.15, -0.1) is 10.2 Å². The molecule has 0 amide bonds. The maximum absolute atomic E-state index is 5.88. The van der Waals surface area contributed by atoms with Crippen LogP contribution in [0.15, 0.2) is 65.1 Å². The number of rotatable bonds is 5. The van der Waals surface area contributed by atoms with E-state index in [1.165, 1.54) is 24.8 Å². The summed E-state index contributed by atoms with van der Waals surface area (Å²) in [7, 11) is 0. The zero-order valence-corrected chi connectivity index (χ0v) is 15.8. The molecule has 5 nitrogen and oxygen atoms in total. The average molecular weight is 372 g/mol. The number of H-pyrrole nitrogens is 1. The van der Waals surface area contributed by atoms with Crippen molar-refractivity contribution in [1.29, 1.82) is 0 Å². The summed E-state index contributed by atoms with van der Waals surface area (Å²) in [6.45, 7) is 3.03. The lowest BCUT2D eigenvalue weighted by Crippen LogP contribution is -2.34. The summed E-state index contributed by atoms with van der Waals surface area (Å²) in [5.74, 6) is 3.11. The van der Waals surface area contributed by atoms with Gasteiger partial charge in [-0.3, -0.25) is 4.90 Å². The van der Waals surface area contributed by atoms with E-state index in [-0.39, 0.29) is 0 Å². The Morgan fingerprint density at radius 3 is 2.57 bits per heavy atom. The number of hydrogen-bond acceptors (Lipinski definition) is 4. The summed E-state index contributed by atoms with van der Waals surface area (Å²) in [6.07, 6.45) is 3.66. The highest BCUT2D eigenvalue weighted by atomic mass is 16.3. The number of aromatic amines is 1. The van der Waals surface area contributed by atoms with Crippen LogP contribution in [-0.2, 0) is 13.0 Å². The van der Waals surface area contributed by atoms with E-state index in [0.29, 0.717) is 5.82 Å². The summed E-state index contributed by atoms with van der Waals surface area (Å²) >= 11 is 0. The maximum atomic E-state index is 5.88. The van der Waals surface area contributed by atoms with Crippen LogP contribution in [0.2, 0.25) is 0 Å². The Balaban J connectivity index is 1.19. The number of nitrogens with one attached hydrogen (secondary N) is 1. The third kappa shape index (κ3) is 3.71. The molecule has 0 spiro atoms. The second kappa shape index (κ2) is 7.60. The Bertz CT molecular complexity index is 1010. The number of aromatic nitrogens is 3. The molecule has 3 heterocycles. The van der Waals surface area contributed by atoms with Gasteiger partial charge in [-0.05, 0) is 56.0 Å². The van der Waals surface area contributed by atoms with Crippen LogP contribution in [0.4, 0.5) is 0 Å². The van der Waals surface area contributed by atoms with E-state index in [2.05, 4.69) is 50.4 Å². The largest absolute Gasteiger partial charge is 0.453 e. The first kappa shape index (κ1) is 17.2. The van der Waals surface area contributed by atoms with Crippen molar-refractivity contribution in [3.05, 3.63) is 72.1 Å². The van der Waals surface area contributed by atoms with E-state index in [9.17, 15) is 0 Å². The summed E-state index contributed by atoms with van der Waals surface area (Å²) < 4.78 is 5.88. The van der Waals surface area contributed by atoms with E-state index < -0.39 is 0 Å². The van der Waals surface area contributed by atoms with Gasteiger partial charge in [0, 0.05) is 5.39 Å². The van der Waals surface area contributed by atoms with E-state index in [1.807, 2.05) is 30.3 Å². The number of nitrogens with zero attached hydrogens (tertiary/aromatic N) is 3. The molecule has 0 aliphatic carbocycles. The number of para-hydroxylation sites is 1. The van der Waals surface area contributed by atoms with Crippen LogP contribution in [0.25, 0.3) is 22.6 Å². The fraction of sp³-hybridized carbons (Fsp3) is 0.304. The number of benzene rings is 2. The van der Waals surface area contributed by atoms with Crippen molar-refractivity contribution >= 4 is 11.0 Å². The van der Waals surface area contributed by atoms with Gasteiger partial charge in [0.05, 0.1) is 6.54 Å². The molecule has 0 radical (unpaired) electrons. The van der Waals surface area contributed by atoms with Gasteiger partial charge >= 0.3 is 0 Å². The minimum atomic E-state index is 0.699. The van der Waals surface area contributed by atoms with Gasteiger partial charge in [0.2, 0.25) is 0 Å². The monoisotopic (exact) mass is 372 g/mol. The van der Waals surface area contributed by atoms with Crippen LogP contribution in [-0.4, -0.2) is 33.2 Å². The van der Waals surface area contributed by atoms with Crippen molar-refractivity contribution in [1.82, 2.24) is 20.1 Å². The second-order valence-electron chi connectivity index (χ2n) is 7.68. The Hall–Kier alpha value is -2.92. The summed E-state index contributed by atoms with van der Waals surface area (Å²) in [6, 6.07) is 20.8. The number of likely N-dealkylation sites (tertiary alicyclic amines) is 1. The molecule has 2 aromatic heterocycles. The molecule has 142 valence electrons. The lowest BCUT2D eigenvalue weighted by molar-refractivity contribution is 0.173. The van der Waals surface area contributed by atoms with Gasteiger partial charge < -0.3 is 9.40 Å². The van der Waals surface area contributed by atoms with E-state index in [4.69, 9.17) is 4.42 Å². The summed E-state index contributed by atoms with van der Waals surface area (Å²) in [5, 5.41) is 9.71. The van der Waals surface area contributed by atoms with Gasteiger partial charge in [-0.1, -0.05) is 48.5 Å². The highest BCUT2D eigenvalue weighted by Gasteiger charge is 2.21. The molecule has 5 heteroatoms. The number of furan rings is 1. The molecule has 4 aromatic rings. The molecule has 1 N–H and O–H groups in total. The lowest BCUT2D eigenvalue weighted by Gasteiger charge is -2.31. The normalized spacial score (nSPS) is 16.0. The molecular formula is C23H24N4O. The number of piperidine rings is 1. The molecule has 2 aromatic carbocycles. The molecule has 28 heavy (non-hydrogen) atoms. The Morgan fingerprint density at radius 1 is 0.964 bits per heavy atom. The predicted octanol–water partition coefficient (Wildman–Crippen LogP) is 4.67. The molecule has 0 unspecified atom stereocenters. The third-order valence-electron chi connectivity index (χ3n) is 5.64. The summed E-state index contributed by atoms with van der Waals surface area (Å²) in [4.78, 5) is 5.79. The van der Waals surface area contributed by atoms with Crippen molar-refractivity contribution in [2.75, 3.05) is 13.1 Å². The minimum Gasteiger partial charge on any atom is -0.453 e. The topological polar surface area (TPSA) is 58.0 Å². The molecule has 0 bridgehead atoms. The van der Waals surface area contributed by atoms with Crippen LogP contribution >= 0.6 is 0 Å². The van der Waals surface area contributed by atoms with Crippen LogP contribution in [0.1, 0.15) is 24.2 Å². The van der Waals surface area contributed by atoms with Gasteiger partial charge in [-0.2, -0.15) is 0 Å². The smallest absolute Gasteiger partial charge is 0.197 e. The van der Waals surface area contributed by atoms with E-state index in [1.54, 1.807) is 0 Å². The van der Waals surface area contributed by atoms with Crippen molar-refractivity contribution in [3.63, 3.8) is 0 Å². The van der Waals surface area contributed by atoms with Gasteiger partial charge in [0.1, 0.15) is 11.4 Å². The van der Waals surface area contributed by atoms with Gasteiger partial charge in [-0.25, -0.2) is 0 Å². The summed E-state index contributed by atoms with van der Waals surface area (Å²) in [5.41, 5.74) is 2.32. The predicted molar refractivity (Wildman–Crippen MR) is 110 cm³/mol. The first-order valence-electron chi connectivity index (χ1n) is 10.0. The van der Waals surface area contributed by atoms with Crippen LogP contribution in [0.5, 0.6) is 0 Å². The Kier molecular flexibility index (Phi) is 4.67. The van der Waals surface area contributed by atoms with Crippen LogP contribution in [0.3, 0.4) is 0 Å². The van der Waals surface area contributed by atoms with Crippen LogP contribution in [0, 0.1) is 5.92 Å². The average Bonchev–Trinajstić information content (AvgIpc) is 3.37. The molecule has 1 saturated heterocycles. The Morgan fingerprint density at radius 2 is 1.75 bits per heavy atom. The highest BCUT2D eigenvalue weighted by Crippen LogP contribution is 2.26. The fourth-order valence-corrected chi connectivity index (χ4v) is 4.09. The molecule has 1 aliphatic heterocycles. The third-order valence-corrected chi connectivity index (χ3v) is 5.64. The lowest BCUT2D eigenvalue weighted by atomic mass is 9.90. The Labute approximate surface area is 164 Å². The SMILES string of the molecule is c1ccc(CC2CCN(Cc3nnc(-c4cc5ccccc5o4)[nH]3)CC2)cc1. The quantitative estimate of drug-likeness (QED) is 0.553. The molecule has 1 fully saturated rings. The zero-order valence-electron chi connectivity index (χ0n) is 15.8. The highest BCUT2D eigenvalue weighted by molar-refractivity contribution is 5.81. The van der Waals surface area contributed by atoms with Gasteiger partial charge in [0.15, 0.2) is 11.6 Å². The second-order valence-corrected chi connectivity index (χ2v) is 7.68. The van der Waals surface area contributed by atoms with E-state index in [0.717, 1.165) is 48.1 Å². The minimum absolute atomic E-state index is 0.699. The number of fused-ring (bicyclic) bond motifs is 1. The molecule has 5 rings (SSSR count). The van der Waals surface area contributed by atoms with Crippen LogP contribution < -0.4 is 0 Å². The van der Waals surface area contributed by atoms with Crippen molar-refractivity contribution in [2.45, 2.75) is 25.8 Å². The van der Waals surface area contributed by atoms with Crippen molar-refractivity contribution in [3.8, 4) is 11.6 Å². The van der Waals surface area contributed by atoms with Gasteiger partial charge in [0.25, 0.3) is 0 Å². The van der Waals surface area contributed by atoms with E-state index >= 15 is 0 Å². The first-order valence-corrected chi connectivity index (χ1v) is 10.0. The van der Waals surface area contributed by atoms with Crippen molar-refractivity contribution in [2.24, 2.45) is 5.92 Å². The fourth-order valence-electron chi connectivity index (χ4n) is 4.09. The number of hydrogen-bond donors (Lipinski definition) is 1. The standard InChI is InChI=1S/C23H24N4O/c1-2-6-17(7-3-1)14-18-10-12-27(13-11-18)16-22-24-23(26-25-22)21-15-19-8-4-5-9-20(19)28-21/h1-9,15,18H,10-14,16H2,(H,24,25,26). The molecule has 0 atom stereocenters. The zero-order chi connectivity index (χ0) is 18.8. The molecular weight excluding hydrogens is 348 g/mol.